The molecule has 0 amide bonds. The van der Waals surface area contributed by atoms with Gasteiger partial charge in [0, 0.05) is 5.56 Å². The van der Waals surface area contributed by atoms with Gasteiger partial charge in [-0.25, -0.2) is 0 Å². The molecule has 0 bridgehead atoms. The van der Waals surface area contributed by atoms with Crippen molar-refractivity contribution in [3.8, 4) is 0 Å². The van der Waals surface area contributed by atoms with Crippen molar-refractivity contribution in [1.82, 2.24) is 0 Å². The minimum atomic E-state index is 0.257. The fourth-order valence-corrected chi connectivity index (χ4v) is 2.39. The Morgan fingerprint density at radius 2 is 2.14 bits per heavy atom. The summed E-state index contributed by atoms with van der Waals surface area (Å²) in [6, 6.07) is 6.18. The van der Waals surface area contributed by atoms with Crippen molar-refractivity contribution in [2.24, 2.45) is 0 Å². The number of ketones is 1. The van der Waals surface area contributed by atoms with Gasteiger partial charge in [-0.1, -0.05) is 12.1 Å². The summed E-state index contributed by atoms with van der Waals surface area (Å²) in [5.74, 6) is 0.853. The minimum Gasteiger partial charge on any atom is -0.293 e. The lowest BCUT2D eigenvalue weighted by molar-refractivity contribution is 0.102. The first-order chi connectivity index (χ1) is 6.81. The van der Waals surface area contributed by atoms with E-state index in [1.54, 1.807) is 11.8 Å². The lowest BCUT2D eigenvalue weighted by atomic mass is 10.0. The first-order valence-electron chi connectivity index (χ1n) is 4.95. The second-order valence-electron chi connectivity index (χ2n) is 3.69. The Labute approximate surface area is 88.9 Å². The third kappa shape index (κ3) is 1.85. The maximum absolute atomic E-state index is 11.6. The number of aryl methyl sites for hydroxylation is 2. The van der Waals surface area contributed by atoms with Crippen molar-refractivity contribution < 1.29 is 4.79 Å². The van der Waals surface area contributed by atoms with Crippen molar-refractivity contribution in [2.75, 3.05) is 12.0 Å². The Morgan fingerprint density at radius 3 is 2.93 bits per heavy atom. The Balaban J connectivity index is 2.24. The summed E-state index contributed by atoms with van der Waals surface area (Å²) in [6.07, 6.45) is 5.54. The second-order valence-corrected chi connectivity index (χ2v) is 4.56. The highest BCUT2D eigenvalue weighted by Crippen LogP contribution is 2.23. The van der Waals surface area contributed by atoms with Gasteiger partial charge in [-0.05, 0) is 42.7 Å². The third-order valence-corrected chi connectivity index (χ3v) is 3.25. The van der Waals surface area contributed by atoms with E-state index in [9.17, 15) is 4.79 Å². The highest BCUT2D eigenvalue weighted by Gasteiger charge is 2.13. The topological polar surface area (TPSA) is 17.1 Å². The molecule has 0 aliphatic heterocycles. The van der Waals surface area contributed by atoms with Gasteiger partial charge in [-0.15, -0.1) is 0 Å². The van der Waals surface area contributed by atoms with Crippen LogP contribution in [0.5, 0.6) is 0 Å². The molecule has 0 aromatic heterocycles. The van der Waals surface area contributed by atoms with E-state index in [1.165, 1.54) is 24.0 Å². The van der Waals surface area contributed by atoms with Gasteiger partial charge >= 0.3 is 0 Å². The molecule has 0 spiro atoms. The van der Waals surface area contributed by atoms with E-state index in [0.29, 0.717) is 5.75 Å². The van der Waals surface area contributed by atoms with Crippen molar-refractivity contribution >= 4 is 17.5 Å². The first kappa shape index (κ1) is 9.78. The molecule has 1 aliphatic rings. The fourth-order valence-electron chi connectivity index (χ4n) is 1.96. The SMILES string of the molecule is CSCC(=O)c1ccc2c(c1)CCC2. The van der Waals surface area contributed by atoms with E-state index in [4.69, 9.17) is 0 Å². The van der Waals surface area contributed by atoms with Gasteiger partial charge in [0.2, 0.25) is 0 Å². The Morgan fingerprint density at radius 1 is 1.36 bits per heavy atom. The van der Waals surface area contributed by atoms with Crippen LogP contribution in [0.15, 0.2) is 18.2 Å². The van der Waals surface area contributed by atoms with E-state index in [2.05, 4.69) is 12.1 Å². The molecule has 1 aromatic carbocycles. The zero-order valence-electron chi connectivity index (χ0n) is 8.38. The van der Waals surface area contributed by atoms with Gasteiger partial charge in [0.1, 0.15) is 0 Å². The first-order valence-corrected chi connectivity index (χ1v) is 6.34. The summed E-state index contributed by atoms with van der Waals surface area (Å²) in [4.78, 5) is 11.6. The molecular weight excluding hydrogens is 192 g/mol. The highest BCUT2D eigenvalue weighted by molar-refractivity contribution is 7.99. The molecule has 0 heterocycles. The average molecular weight is 206 g/mol. The molecule has 2 heteroatoms. The van der Waals surface area contributed by atoms with Crippen LogP contribution in [-0.2, 0) is 12.8 Å². The number of hydrogen-bond donors (Lipinski definition) is 0. The maximum Gasteiger partial charge on any atom is 0.172 e. The van der Waals surface area contributed by atoms with Crippen LogP contribution in [0.1, 0.15) is 27.9 Å². The molecule has 2 rings (SSSR count). The third-order valence-electron chi connectivity index (χ3n) is 2.70. The van der Waals surface area contributed by atoms with Gasteiger partial charge < -0.3 is 0 Å². The van der Waals surface area contributed by atoms with E-state index in [0.717, 1.165) is 12.0 Å². The fraction of sp³-hybridized carbons (Fsp3) is 0.417. The Kier molecular flexibility index (Phi) is 2.92. The number of fused-ring (bicyclic) bond motifs is 1. The van der Waals surface area contributed by atoms with Crippen LogP contribution >= 0.6 is 11.8 Å². The number of carbonyl (C=O) groups excluding carboxylic acids is 1. The maximum atomic E-state index is 11.6. The van der Waals surface area contributed by atoms with Gasteiger partial charge in [0.25, 0.3) is 0 Å². The second kappa shape index (κ2) is 4.18. The largest absolute Gasteiger partial charge is 0.293 e. The quantitative estimate of drug-likeness (QED) is 0.707. The predicted molar refractivity (Wildman–Crippen MR) is 61.2 cm³/mol. The average Bonchev–Trinajstić information content (AvgIpc) is 2.64. The summed E-state index contributed by atoms with van der Waals surface area (Å²) in [5, 5.41) is 0. The number of benzene rings is 1. The van der Waals surface area contributed by atoms with E-state index in [-0.39, 0.29) is 5.78 Å². The molecule has 0 fully saturated rings. The van der Waals surface area contributed by atoms with Gasteiger partial charge in [0.15, 0.2) is 5.78 Å². The molecule has 1 nitrogen and oxygen atoms in total. The van der Waals surface area contributed by atoms with Crippen molar-refractivity contribution in [1.29, 1.82) is 0 Å². The predicted octanol–water partition coefficient (Wildman–Crippen LogP) is 2.72. The molecule has 74 valence electrons. The minimum absolute atomic E-state index is 0.257. The lowest BCUT2D eigenvalue weighted by Gasteiger charge is -2.02. The zero-order valence-corrected chi connectivity index (χ0v) is 9.19. The molecule has 0 N–H and O–H groups in total. The van der Waals surface area contributed by atoms with E-state index in [1.807, 2.05) is 12.3 Å². The number of rotatable bonds is 3. The number of hydrogen-bond acceptors (Lipinski definition) is 2. The standard InChI is InChI=1S/C12H14OS/c1-14-8-12(13)11-6-5-9-3-2-4-10(9)7-11/h5-7H,2-4,8H2,1H3. The van der Waals surface area contributed by atoms with E-state index >= 15 is 0 Å². The molecule has 0 saturated carbocycles. The Bertz CT molecular complexity index is 357. The summed E-state index contributed by atoms with van der Waals surface area (Å²) in [5.41, 5.74) is 3.71. The zero-order chi connectivity index (χ0) is 9.97. The number of thioether (sulfide) groups is 1. The van der Waals surface area contributed by atoms with Crippen LogP contribution in [0.25, 0.3) is 0 Å². The summed E-state index contributed by atoms with van der Waals surface area (Å²) in [6.45, 7) is 0. The van der Waals surface area contributed by atoms with Crippen LogP contribution < -0.4 is 0 Å². The smallest absolute Gasteiger partial charge is 0.172 e. The van der Waals surface area contributed by atoms with Crippen molar-refractivity contribution in [3.63, 3.8) is 0 Å². The highest BCUT2D eigenvalue weighted by atomic mass is 32.2. The molecular formula is C12H14OS. The number of carbonyl (C=O) groups is 1. The monoisotopic (exact) mass is 206 g/mol. The number of Topliss-reactive ketones (excluding diaryl/α,β-unsaturated/α-hetero) is 1. The molecule has 0 saturated heterocycles. The van der Waals surface area contributed by atoms with Crippen molar-refractivity contribution in [3.05, 3.63) is 34.9 Å². The summed E-state index contributed by atoms with van der Waals surface area (Å²) < 4.78 is 0. The molecule has 0 unspecified atom stereocenters. The van der Waals surface area contributed by atoms with Crippen molar-refractivity contribution in [2.45, 2.75) is 19.3 Å². The van der Waals surface area contributed by atoms with Crippen LogP contribution in [-0.4, -0.2) is 17.8 Å². The molecule has 1 aliphatic carbocycles. The van der Waals surface area contributed by atoms with Crippen LogP contribution in [0.4, 0.5) is 0 Å². The normalized spacial score (nSPS) is 14.1. The molecule has 0 atom stereocenters. The van der Waals surface area contributed by atoms with Gasteiger partial charge in [0.05, 0.1) is 5.75 Å². The van der Waals surface area contributed by atoms with Gasteiger partial charge in [-0.3, -0.25) is 4.79 Å². The van der Waals surface area contributed by atoms with Crippen LogP contribution in [0.3, 0.4) is 0 Å². The molecule has 14 heavy (non-hydrogen) atoms. The molecule has 1 aromatic rings. The van der Waals surface area contributed by atoms with Crippen LogP contribution in [0.2, 0.25) is 0 Å². The van der Waals surface area contributed by atoms with E-state index < -0.39 is 0 Å². The summed E-state index contributed by atoms with van der Waals surface area (Å²) in [7, 11) is 0. The summed E-state index contributed by atoms with van der Waals surface area (Å²) >= 11 is 1.59. The van der Waals surface area contributed by atoms with Gasteiger partial charge in [-0.2, -0.15) is 11.8 Å². The Hall–Kier alpha value is -0.760. The lowest BCUT2D eigenvalue weighted by Crippen LogP contribution is -2.02. The van der Waals surface area contributed by atoms with Crippen LogP contribution in [0, 0.1) is 0 Å². The molecule has 0 radical (unpaired) electrons.